The Balaban J connectivity index is 1.76. The van der Waals surface area contributed by atoms with E-state index in [0.717, 1.165) is 24.0 Å². The van der Waals surface area contributed by atoms with Crippen LogP contribution in [0.4, 0.5) is 4.39 Å². The first-order chi connectivity index (χ1) is 8.33. The molecule has 1 aliphatic heterocycles. The van der Waals surface area contributed by atoms with Gasteiger partial charge in [-0.05, 0) is 44.1 Å². The summed E-state index contributed by atoms with van der Waals surface area (Å²) in [7, 11) is 0. The zero-order chi connectivity index (χ0) is 11.7. The highest BCUT2D eigenvalue weighted by Crippen LogP contribution is 2.15. The van der Waals surface area contributed by atoms with E-state index in [9.17, 15) is 4.39 Å². The summed E-state index contributed by atoms with van der Waals surface area (Å²) in [6.45, 7) is 4.32. The Morgan fingerprint density at radius 2 is 2.00 bits per heavy atom. The molecule has 1 aromatic heterocycles. The Hall–Kier alpha value is -1.42. The van der Waals surface area contributed by atoms with Gasteiger partial charge in [-0.2, -0.15) is 5.10 Å². The van der Waals surface area contributed by atoms with E-state index in [0.29, 0.717) is 0 Å². The molecule has 90 valence electrons. The standard InChI is InChI=1S/C13H16FN3/c14-12-3-4-13-11(9-12)10-15-17(13)8-7-16-5-1-2-6-16/h3-4,9-10H,1-2,5-8H2. The summed E-state index contributed by atoms with van der Waals surface area (Å²) in [6, 6.07) is 4.84. The van der Waals surface area contributed by atoms with E-state index in [4.69, 9.17) is 0 Å². The van der Waals surface area contributed by atoms with E-state index in [1.165, 1.54) is 38.1 Å². The van der Waals surface area contributed by atoms with Gasteiger partial charge in [0.1, 0.15) is 5.82 Å². The summed E-state index contributed by atoms with van der Waals surface area (Å²) in [4.78, 5) is 2.46. The maximum Gasteiger partial charge on any atom is 0.124 e. The van der Waals surface area contributed by atoms with Gasteiger partial charge in [-0.15, -0.1) is 0 Å². The topological polar surface area (TPSA) is 21.1 Å². The molecule has 1 aliphatic rings. The van der Waals surface area contributed by atoms with Gasteiger partial charge in [0.25, 0.3) is 0 Å². The van der Waals surface area contributed by atoms with Gasteiger partial charge in [0.2, 0.25) is 0 Å². The molecule has 0 N–H and O–H groups in total. The lowest BCUT2D eigenvalue weighted by molar-refractivity contribution is 0.318. The van der Waals surface area contributed by atoms with Crippen molar-refractivity contribution in [3.63, 3.8) is 0 Å². The van der Waals surface area contributed by atoms with Crippen LogP contribution in [0.25, 0.3) is 10.9 Å². The van der Waals surface area contributed by atoms with E-state index in [2.05, 4.69) is 10.00 Å². The SMILES string of the molecule is Fc1ccc2c(cnn2CCN2CCCC2)c1. The maximum absolute atomic E-state index is 13.0. The molecule has 0 unspecified atom stereocenters. The number of benzene rings is 1. The molecule has 1 fully saturated rings. The Morgan fingerprint density at radius 1 is 1.18 bits per heavy atom. The fourth-order valence-corrected chi connectivity index (χ4v) is 2.48. The summed E-state index contributed by atoms with van der Waals surface area (Å²) >= 11 is 0. The Morgan fingerprint density at radius 3 is 2.82 bits per heavy atom. The molecule has 1 saturated heterocycles. The van der Waals surface area contributed by atoms with Gasteiger partial charge < -0.3 is 4.90 Å². The van der Waals surface area contributed by atoms with Crippen LogP contribution in [-0.4, -0.2) is 34.3 Å². The second kappa shape index (κ2) is 4.45. The zero-order valence-electron chi connectivity index (χ0n) is 9.77. The average molecular weight is 233 g/mol. The molecular weight excluding hydrogens is 217 g/mol. The third kappa shape index (κ3) is 2.17. The van der Waals surface area contributed by atoms with Crippen LogP contribution >= 0.6 is 0 Å². The molecular formula is C13H16FN3. The summed E-state index contributed by atoms with van der Waals surface area (Å²) in [5.41, 5.74) is 1.02. The molecule has 4 heteroatoms. The van der Waals surface area contributed by atoms with Gasteiger partial charge in [-0.3, -0.25) is 4.68 Å². The van der Waals surface area contributed by atoms with Crippen LogP contribution in [0.2, 0.25) is 0 Å². The highest BCUT2D eigenvalue weighted by atomic mass is 19.1. The predicted molar refractivity (Wildman–Crippen MR) is 65.4 cm³/mol. The van der Waals surface area contributed by atoms with Crippen molar-refractivity contribution in [1.29, 1.82) is 0 Å². The fourth-order valence-electron chi connectivity index (χ4n) is 2.48. The Bertz CT molecular complexity index is 514. The largest absolute Gasteiger partial charge is 0.301 e. The second-order valence-electron chi connectivity index (χ2n) is 4.62. The second-order valence-corrected chi connectivity index (χ2v) is 4.62. The first-order valence-corrected chi connectivity index (χ1v) is 6.16. The minimum absolute atomic E-state index is 0.198. The van der Waals surface area contributed by atoms with Crippen LogP contribution in [0, 0.1) is 5.82 Å². The van der Waals surface area contributed by atoms with Crippen molar-refractivity contribution in [3.05, 3.63) is 30.2 Å². The van der Waals surface area contributed by atoms with Gasteiger partial charge in [-0.1, -0.05) is 0 Å². The van der Waals surface area contributed by atoms with Crippen LogP contribution in [0.3, 0.4) is 0 Å². The van der Waals surface area contributed by atoms with E-state index in [1.807, 2.05) is 10.7 Å². The number of aromatic nitrogens is 2. The van der Waals surface area contributed by atoms with Crippen LogP contribution in [0.5, 0.6) is 0 Å². The molecule has 0 amide bonds. The van der Waals surface area contributed by atoms with E-state index in [-0.39, 0.29) is 5.82 Å². The highest BCUT2D eigenvalue weighted by Gasteiger charge is 2.11. The summed E-state index contributed by atoms with van der Waals surface area (Å²) in [5, 5.41) is 5.20. The number of nitrogens with zero attached hydrogens (tertiary/aromatic N) is 3. The number of fused-ring (bicyclic) bond motifs is 1. The lowest BCUT2D eigenvalue weighted by Gasteiger charge is -2.14. The fraction of sp³-hybridized carbons (Fsp3) is 0.462. The lowest BCUT2D eigenvalue weighted by Crippen LogP contribution is -2.24. The molecule has 0 spiro atoms. The van der Waals surface area contributed by atoms with Crippen LogP contribution in [-0.2, 0) is 6.54 Å². The molecule has 2 heterocycles. The molecule has 3 nitrogen and oxygen atoms in total. The third-order valence-corrected chi connectivity index (χ3v) is 3.43. The highest BCUT2D eigenvalue weighted by molar-refractivity contribution is 5.78. The zero-order valence-corrected chi connectivity index (χ0v) is 9.77. The van der Waals surface area contributed by atoms with Crippen molar-refractivity contribution in [2.24, 2.45) is 0 Å². The number of hydrogen-bond acceptors (Lipinski definition) is 2. The smallest absolute Gasteiger partial charge is 0.124 e. The van der Waals surface area contributed by atoms with Crippen LogP contribution < -0.4 is 0 Å². The summed E-state index contributed by atoms with van der Waals surface area (Å²) in [5.74, 6) is -0.198. The van der Waals surface area contributed by atoms with Crippen molar-refractivity contribution in [3.8, 4) is 0 Å². The van der Waals surface area contributed by atoms with Crippen molar-refractivity contribution < 1.29 is 4.39 Å². The van der Waals surface area contributed by atoms with Crippen LogP contribution in [0.1, 0.15) is 12.8 Å². The first-order valence-electron chi connectivity index (χ1n) is 6.16. The third-order valence-electron chi connectivity index (χ3n) is 3.43. The molecule has 0 bridgehead atoms. The predicted octanol–water partition coefficient (Wildman–Crippen LogP) is 2.27. The molecule has 1 aromatic carbocycles. The Kier molecular flexibility index (Phi) is 2.81. The molecule has 2 aromatic rings. The molecule has 17 heavy (non-hydrogen) atoms. The van der Waals surface area contributed by atoms with Crippen molar-refractivity contribution >= 4 is 10.9 Å². The van der Waals surface area contributed by atoms with Gasteiger partial charge >= 0.3 is 0 Å². The molecule has 0 radical (unpaired) electrons. The van der Waals surface area contributed by atoms with Crippen LogP contribution in [0.15, 0.2) is 24.4 Å². The number of halogens is 1. The molecule has 0 aliphatic carbocycles. The minimum atomic E-state index is -0.198. The minimum Gasteiger partial charge on any atom is -0.301 e. The number of likely N-dealkylation sites (tertiary alicyclic amines) is 1. The summed E-state index contributed by atoms with van der Waals surface area (Å²) in [6.07, 6.45) is 4.36. The van der Waals surface area contributed by atoms with E-state index in [1.54, 1.807) is 6.20 Å². The number of hydrogen-bond donors (Lipinski definition) is 0. The van der Waals surface area contributed by atoms with Gasteiger partial charge in [0.05, 0.1) is 18.3 Å². The molecule has 3 rings (SSSR count). The lowest BCUT2D eigenvalue weighted by atomic mass is 10.2. The van der Waals surface area contributed by atoms with Crippen molar-refractivity contribution in [2.45, 2.75) is 19.4 Å². The van der Waals surface area contributed by atoms with Gasteiger partial charge in [-0.25, -0.2) is 4.39 Å². The van der Waals surface area contributed by atoms with Gasteiger partial charge in [0, 0.05) is 11.9 Å². The van der Waals surface area contributed by atoms with Crippen molar-refractivity contribution in [2.75, 3.05) is 19.6 Å². The monoisotopic (exact) mass is 233 g/mol. The quantitative estimate of drug-likeness (QED) is 0.811. The molecule has 0 saturated carbocycles. The van der Waals surface area contributed by atoms with E-state index >= 15 is 0 Å². The van der Waals surface area contributed by atoms with E-state index < -0.39 is 0 Å². The maximum atomic E-state index is 13.0. The number of rotatable bonds is 3. The first kappa shape index (κ1) is 10.7. The normalized spacial score (nSPS) is 17.0. The van der Waals surface area contributed by atoms with Gasteiger partial charge in [0.15, 0.2) is 0 Å². The average Bonchev–Trinajstić information content (AvgIpc) is 2.94. The Labute approximate surface area is 99.8 Å². The van der Waals surface area contributed by atoms with Crippen molar-refractivity contribution in [1.82, 2.24) is 14.7 Å². The molecule has 0 atom stereocenters. The summed E-state index contributed by atoms with van der Waals surface area (Å²) < 4.78 is 15.0.